The van der Waals surface area contributed by atoms with E-state index in [1.54, 1.807) is 36.4 Å². The molecule has 0 unspecified atom stereocenters. The highest BCUT2D eigenvalue weighted by atomic mass is 35.5. The van der Waals surface area contributed by atoms with Crippen LogP contribution in [-0.4, -0.2) is 18.2 Å². The van der Waals surface area contributed by atoms with Crippen LogP contribution in [0.2, 0.25) is 5.02 Å². The molecule has 2 rings (SSSR count). The first-order valence-electron chi connectivity index (χ1n) is 6.05. The Hall–Kier alpha value is -1.59. The minimum Gasteiger partial charge on any atom is -0.486 e. The molecule has 20 heavy (non-hydrogen) atoms. The lowest BCUT2D eigenvalue weighted by atomic mass is 10.3. The van der Waals surface area contributed by atoms with Crippen LogP contribution >= 0.6 is 24.2 Å². The van der Waals surface area contributed by atoms with Crippen LogP contribution in [0.15, 0.2) is 40.8 Å². The Kier molecular flexibility index (Phi) is 5.38. The van der Waals surface area contributed by atoms with Gasteiger partial charge in [-0.25, -0.2) is 0 Å². The molecule has 0 atom stereocenters. The quantitative estimate of drug-likeness (QED) is 0.806. The lowest BCUT2D eigenvalue weighted by molar-refractivity contribution is 0.0924. The number of ether oxygens (including phenoxy) is 1. The number of carbonyl (C=O) groups excluding carboxylic acids is 1. The van der Waals surface area contributed by atoms with Crippen LogP contribution in [0, 0.1) is 0 Å². The highest BCUT2D eigenvalue weighted by Gasteiger charge is 2.10. The molecule has 0 fully saturated rings. The molecule has 4 nitrogen and oxygen atoms in total. The minimum absolute atomic E-state index is 0.236. The summed E-state index contributed by atoms with van der Waals surface area (Å²) in [5, 5.41) is 3.28. The third-order valence-electron chi connectivity index (χ3n) is 2.46. The molecule has 0 saturated carbocycles. The molecule has 1 amide bonds. The van der Waals surface area contributed by atoms with Gasteiger partial charge in [0.2, 0.25) is 0 Å². The van der Waals surface area contributed by atoms with Gasteiger partial charge in [-0.2, -0.15) is 12.6 Å². The Morgan fingerprint density at radius 3 is 2.95 bits per heavy atom. The molecule has 6 heteroatoms. The molecule has 1 aromatic carbocycles. The van der Waals surface area contributed by atoms with E-state index in [4.69, 9.17) is 20.8 Å². The first-order chi connectivity index (χ1) is 9.69. The van der Waals surface area contributed by atoms with Gasteiger partial charge in [0.05, 0.1) is 0 Å². The van der Waals surface area contributed by atoms with Gasteiger partial charge in [0.1, 0.15) is 18.1 Å². The molecule has 1 heterocycles. The summed E-state index contributed by atoms with van der Waals surface area (Å²) in [6, 6.07) is 10.4. The number of rotatable bonds is 6. The first kappa shape index (κ1) is 14.8. The van der Waals surface area contributed by atoms with Crippen LogP contribution in [0.4, 0.5) is 0 Å². The van der Waals surface area contributed by atoms with Gasteiger partial charge in [-0.15, -0.1) is 0 Å². The Morgan fingerprint density at radius 2 is 2.20 bits per heavy atom. The topological polar surface area (TPSA) is 51.5 Å². The molecule has 1 N–H and O–H groups in total. The predicted molar refractivity (Wildman–Crippen MR) is 80.7 cm³/mol. The van der Waals surface area contributed by atoms with E-state index in [0.717, 1.165) is 0 Å². The van der Waals surface area contributed by atoms with Gasteiger partial charge in [0.25, 0.3) is 5.91 Å². The molecule has 1 aromatic heterocycles. The van der Waals surface area contributed by atoms with Crippen molar-refractivity contribution in [1.29, 1.82) is 0 Å². The lowest BCUT2D eigenvalue weighted by Gasteiger charge is -2.04. The molecule has 2 aromatic rings. The molecule has 0 aliphatic rings. The summed E-state index contributed by atoms with van der Waals surface area (Å²) in [4.78, 5) is 11.6. The van der Waals surface area contributed by atoms with E-state index in [1.165, 1.54) is 0 Å². The van der Waals surface area contributed by atoms with Crippen LogP contribution in [0.5, 0.6) is 5.75 Å². The molecule has 0 aliphatic heterocycles. The maximum Gasteiger partial charge on any atom is 0.287 e. The van der Waals surface area contributed by atoms with E-state index in [-0.39, 0.29) is 18.3 Å². The normalized spacial score (nSPS) is 10.3. The number of hydrogen-bond donors (Lipinski definition) is 2. The summed E-state index contributed by atoms with van der Waals surface area (Å²) < 4.78 is 10.9. The fourth-order valence-electron chi connectivity index (χ4n) is 1.55. The molecule has 106 valence electrons. The third-order valence-corrected chi connectivity index (χ3v) is 2.92. The van der Waals surface area contributed by atoms with Gasteiger partial charge in [-0.3, -0.25) is 4.79 Å². The maximum atomic E-state index is 11.6. The highest BCUT2D eigenvalue weighted by Crippen LogP contribution is 2.19. The Balaban J connectivity index is 1.91. The molecular formula is C14H14ClNO3S. The summed E-state index contributed by atoms with van der Waals surface area (Å²) >= 11 is 9.88. The number of amides is 1. The number of carbonyl (C=O) groups is 1. The fourth-order valence-corrected chi connectivity index (χ4v) is 1.84. The van der Waals surface area contributed by atoms with Crippen molar-refractivity contribution in [3.63, 3.8) is 0 Å². The largest absolute Gasteiger partial charge is 0.486 e. The van der Waals surface area contributed by atoms with Crippen LogP contribution in [0.3, 0.4) is 0 Å². The number of thiol groups is 1. The van der Waals surface area contributed by atoms with Crippen molar-refractivity contribution < 1.29 is 13.9 Å². The van der Waals surface area contributed by atoms with Crippen molar-refractivity contribution >= 4 is 30.1 Å². The second-order valence-electron chi connectivity index (χ2n) is 3.99. The van der Waals surface area contributed by atoms with Gasteiger partial charge < -0.3 is 14.5 Å². The fraction of sp³-hybridized carbons (Fsp3) is 0.214. The Labute approximate surface area is 127 Å². The number of hydrogen-bond acceptors (Lipinski definition) is 4. The van der Waals surface area contributed by atoms with E-state index in [2.05, 4.69) is 17.9 Å². The predicted octanol–water partition coefficient (Wildman–Crippen LogP) is 3.17. The monoisotopic (exact) mass is 311 g/mol. The van der Waals surface area contributed by atoms with Crippen LogP contribution < -0.4 is 10.1 Å². The van der Waals surface area contributed by atoms with Crippen molar-refractivity contribution in [3.05, 3.63) is 52.9 Å². The third kappa shape index (κ3) is 4.21. The molecule has 0 saturated heterocycles. The molecular weight excluding hydrogens is 298 g/mol. The van der Waals surface area contributed by atoms with E-state index < -0.39 is 0 Å². The number of halogens is 1. The average Bonchev–Trinajstić information content (AvgIpc) is 2.91. The zero-order chi connectivity index (χ0) is 14.4. The summed E-state index contributed by atoms with van der Waals surface area (Å²) in [6.07, 6.45) is 0. The van der Waals surface area contributed by atoms with Crippen LogP contribution in [0.1, 0.15) is 16.3 Å². The maximum absolute atomic E-state index is 11.6. The van der Waals surface area contributed by atoms with Gasteiger partial charge in [-0.1, -0.05) is 17.7 Å². The second kappa shape index (κ2) is 7.26. The smallest absolute Gasteiger partial charge is 0.287 e. The highest BCUT2D eigenvalue weighted by molar-refractivity contribution is 7.80. The van der Waals surface area contributed by atoms with E-state index >= 15 is 0 Å². The zero-order valence-corrected chi connectivity index (χ0v) is 12.3. The Morgan fingerprint density at radius 1 is 1.35 bits per heavy atom. The number of nitrogens with one attached hydrogen (secondary N) is 1. The molecule has 0 spiro atoms. The van der Waals surface area contributed by atoms with Crippen molar-refractivity contribution in [1.82, 2.24) is 5.32 Å². The minimum atomic E-state index is -0.256. The van der Waals surface area contributed by atoms with Crippen LogP contribution in [-0.2, 0) is 6.61 Å². The van der Waals surface area contributed by atoms with Crippen molar-refractivity contribution in [3.8, 4) is 5.75 Å². The van der Waals surface area contributed by atoms with Crippen LogP contribution in [0.25, 0.3) is 0 Å². The lowest BCUT2D eigenvalue weighted by Crippen LogP contribution is -2.24. The van der Waals surface area contributed by atoms with Gasteiger partial charge >= 0.3 is 0 Å². The summed E-state index contributed by atoms with van der Waals surface area (Å²) in [5.41, 5.74) is 0. The molecule has 0 bridgehead atoms. The van der Waals surface area contributed by atoms with Crippen molar-refractivity contribution in [2.24, 2.45) is 0 Å². The van der Waals surface area contributed by atoms with Crippen molar-refractivity contribution in [2.45, 2.75) is 6.61 Å². The Bertz CT molecular complexity index is 585. The van der Waals surface area contributed by atoms with Gasteiger partial charge in [-0.05, 0) is 30.3 Å². The van der Waals surface area contributed by atoms with Gasteiger partial charge in [0.15, 0.2) is 5.76 Å². The van der Waals surface area contributed by atoms with Gasteiger partial charge in [0, 0.05) is 17.3 Å². The molecule has 0 radical (unpaired) electrons. The van der Waals surface area contributed by atoms with Crippen molar-refractivity contribution in [2.75, 3.05) is 12.3 Å². The van der Waals surface area contributed by atoms with E-state index in [9.17, 15) is 4.79 Å². The molecule has 0 aliphatic carbocycles. The summed E-state index contributed by atoms with van der Waals surface area (Å²) in [6.45, 7) is 0.733. The standard InChI is InChI=1S/C14H14ClNO3S/c15-10-2-1-3-11(8-10)18-9-12-4-5-13(19-12)14(17)16-6-7-20/h1-5,8,20H,6-7,9H2,(H,16,17). The average molecular weight is 312 g/mol. The number of benzene rings is 1. The number of furan rings is 1. The second-order valence-corrected chi connectivity index (χ2v) is 4.88. The first-order valence-corrected chi connectivity index (χ1v) is 7.06. The zero-order valence-electron chi connectivity index (χ0n) is 10.6. The summed E-state index contributed by atoms with van der Waals surface area (Å²) in [5.74, 6) is 1.80. The SMILES string of the molecule is O=C(NCCS)c1ccc(COc2cccc(Cl)c2)o1. The summed E-state index contributed by atoms with van der Waals surface area (Å²) in [7, 11) is 0. The van der Waals surface area contributed by atoms with E-state index in [0.29, 0.717) is 28.8 Å². The van der Waals surface area contributed by atoms with E-state index in [1.807, 2.05) is 0 Å².